The van der Waals surface area contributed by atoms with Gasteiger partial charge in [0.05, 0.1) is 5.69 Å². The van der Waals surface area contributed by atoms with Crippen LogP contribution in [0.15, 0.2) is 12.1 Å². The number of anilines is 1. The Morgan fingerprint density at radius 3 is 2.33 bits per heavy atom. The van der Waals surface area contributed by atoms with Crippen molar-refractivity contribution in [2.24, 2.45) is 17.6 Å². The van der Waals surface area contributed by atoms with E-state index in [0.29, 0.717) is 17.5 Å². The van der Waals surface area contributed by atoms with Gasteiger partial charge in [0.2, 0.25) is 0 Å². The minimum atomic E-state index is -0.805. The highest BCUT2D eigenvalue weighted by Gasteiger charge is 2.25. The molecule has 0 aromatic heterocycles. The fourth-order valence-electron chi connectivity index (χ4n) is 2.84. The van der Waals surface area contributed by atoms with Crippen molar-refractivity contribution < 1.29 is 8.78 Å². The van der Waals surface area contributed by atoms with Gasteiger partial charge in [-0.1, -0.05) is 19.9 Å². The number of nitrogens with two attached hydrogens (primary N) is 1. The molecule has 0 radical (unpaired) electrons. The number of rotatable bonds is 2. The van der Waals surface area contributed by atoms with Gasteiger partial charge in [0.25, 0.3) is 0 Å². The third-order valence-corrected chi connectivity index (χ3v) is 3.57. The van der Waals surface area contributed by atoms with Crippen LogP contribution >= 0.6 is 0 Å². The highest BCUT2D eigenvalue weighted by Crippen LogP contribution is 2.30. The Balaban J connectivity index is 2.30. The van der Waals surface area contributed by atoms with Gasteiger partial charge in [-0.3, -0.25) is 0 Å². The molecule has 1 aliphatic rings. The molecule has 1 heterocycles. The SMILES string of the molecule is CC1CC(C)CN(c2ccc(CN)c(F)c2F)C1. The second-order valence-electron chi connectivity index (χ2n) is 5.43. The maximum Gasteiger partial charge on any atom is 0.182 e. The lowest BCUT2D eigenvalue weighted by molar-refractivity contribution is 0.353. The van der Waals surface area contributed by atoms with Crippen molar-refractivity contribution in [3.05, 3.63) is 29.3 Å². The molecular formula is C14H20F2N2. The Morgan fingerprint density at radius 2 is 1.78 bits per heavy atom. The molecule has 2 unspecified atom stereocenters. The highest BCUT2D eigenvalue weighted by molar-refractivity contribution is 5.50. The molecule has 4 heteroatoms. The maximum absolute atomic E-state index is 14.0. The molecule has 1 aromatic carbocycles. The molecule has 1 aromatic rings. The Labute approximate surface area is 107 Å². The molecule has 2 atom stereocenters. The minimum absolute atomic E-state index is 0.0236. The summed E-state index contributed by atoms with van der Waals surface area (Å²) in [6.07, 6.45) is 1.14. The van der Waals surface area contributed by atoms with Crippen LogP contribution in [-0.4, -0.2) is 13.1 Å². The molecule has 100 valence electrons. The lowest BCUT2D eigenvalue weighted by Gasteiger charge is -2.36. The van der Waals surface area contributed by atoms with E-state index in [1.54, 1.807) is 12.1 Å². The molecule has 0 saturated carbocycles. The summed E-state index contributed by atoms with van der Waals surface area (Å²) in [4.78, 5) is 1.94. The summed E-state index contributed by atoms with van der Waals surface area (Å²) >= 11 is 0. The third-order valence-electron chi connectivity index (χ3n) is 3.57. The Bertz CT molecular complexity index is 424. The predicted octanol–water partition coefficient (Wildman–Crippen LogP) is 2.91. The normalized spacial score (nSPS) is 24.4. The number of benzene rings is 1. The van der Waals surface area contributed by atoms with Gasteiger partial charge >= 0.3 is 0 Å². The zero-order valence-electron chi connectivity index (χ0n) is 10.9. The zero-order valence-corrected chi connectivity index (χ0v) is 10.9. The van der Waals surface area contributed by atoms with Crippen LogP contribution in [0.25, 0.3) is 0 Å². The van der Waals surface area contributed by atoms with Gasteiger partial charge in [-0.25, -0.2) is 8.78 Å². The molecule has 1 aliphatic heterocycles. The van der Waals surface area contributed by atoms with Crippen LogP contribution in [0, 0.1) is 23.5 Å². The van der Waals surface area contributed by atoms with E-state index in [0.717, 1.165) is 19.5 Å². The van der Waals surface area contributed by atoms with Crippen LogP contribution in [0.4, 0.5) is 14.5 Å². The van der Waals surface area contributed by atoms with Crippen molar-refractivity contribution >= 4 is 5.69 Å². The van der Waals surface area contributed by atoms with Gasteiger partial charge in [-0.15, -0.1) is 0 Å². The monoisotopic (exact) mass is 254 g/mol. The summed E-state index contributed by atoms with van der Waals surface area (Å²) in [5, 5.41) is 0. The van der Waals surface area contributed by atoms with Crippen molar-refractivity contribution in [1.82, 2.24) is 0 Å². The van der Waals surface area contributed by atoms with E-state index in [4.69, 9.17) is 5.73 Å². The van der Waals surface area contributed by atoms with E-state index < -0.39 is 11.6 Å². The lowest BCUT2D eigenvalue weighted by atomic mass is 9.91. The first-order valence-corrected chi connectivity index (χ1v) is 6.44. The quantitative estimate of drug-likeness (QED) is 0.879. The standard InChI is InChI=1S/C14H20F2N2/c1-9-5-10(2)8-18(7-9)12-4-3-11(6-17)13(15)14(12)16/h3-4,9-10H,5-8,17H2,1-2H3. The van der Waals surface area contributed by atoms with Gasteiger partial charge in [0.15, 0.2) is 11.6 Å². The van der Waals surface area contributed by atoms with Gasteiger partial charge in [0, 0.05) is 25.2 Å². The maximum atomic E-state index is 14.0. The molecule has 2 N–H and O–H groups in total. The molecule has 0 spiro atoms. The van der Waals surface area contributed by atoms with Crippen molar-refractivity contribution in [1.29, 1.82) is 0 Å². The number of hydrogen-bond acceptors (Lipinski definition) is 2. The van der Waals surface area contributed by atoms with Crippen LogP contribution in [0.3, 0.4) is 0 Å². The number of hydrogen-bond donors (Lipinski definition) is 1. The largest absolute Gasteiger partial charge is 0.369 e. The number of nitrogens with zero attached hydrogens (tertiary/aromatic N) is 1. The van der Waals surface area contributed by atoms with Crippen molar-refractivity contribution in [3.63, 3.8) is 0 Å². The zero-order chi connectivity index (χ0) is 13.3. The summed E-state index contributed by atoms with van der Waals surface area (Å²) < 4.78 is 27.7. The smallest absolute Gasteiger partial charge is 0.182 e. The average Bonchev–Trinajstić information content (AvgIpc) is 2.31. The van der Waals surface area contributed by atoms with E-state index in [2.05, 4.69) is 13.8 Å². The van der Waals surface area contributed by atoms with Crippen LogP contribution in [0.2, 0.25) is 0 Å². The van der Waals surface area contributed by atoms with Crippen molar-refractivity contribution in [2.75, 3.05) is 18.0 Å². The fraction of sp³-hybridized carbons (Fsp3) is 0.571. The topological polar surface area (TPSA) is 29.3 Å². The minimum Gasteiger partial charge on any atom is -0.369 e. The van der Waals surface area contributed by atoms with Crippen LogP contribution in [0.5, 0.6) is 0 Å². The van der Waals surface area contributed by atoms with E-state index in [1.807, 2.05) is 4.90 Å². The second-order valence-corrected chi connectivity index (χ2v) is 5.43. The molecular weight excluding hydrogens is 234 g/mol. The predicted molar refractivity (Wildman–Crippen MR) is 69.4 cm³/mol. The molecule has 2 rings (SSSR count). The number of halogens is 2. The van der Waals surface area contributed by atoms with Gasteiger partial charge in [-0.05, 0) is 24.3 Å². The second kappa shape index (κ2) is 5.22. The van der Waals surface area contributed by atoms with E-state index in [1.165, 1.54) is 0 Å². The summed E-state index contributed by atoms with van der Waals surface area (Å²) in [6, 6.07) is 3.23. The Hall–Kier alpha value is -1.16. The summed E-state index contributed by atoms with van der Waals surface area (Å²) in [7, 11) is 0. The van der Waals surface area contributed by atoms with Crippen molar-refractivity contribution in [3.8, 4) is 0 Å². The van der Waals surface area contributed by atoms with E-state index in [-0.39, 0.29) is 12.1 Å². The number of piperidine rings is 1. The Kier molecular flexibility index (Phi) is 3.85. The summed E-state index contributed by atoms with van der Waals surface area (Å²) in [6.45, 7) is 5.87. The highest BCUT2D eigenvalue weighted by atomic mass is 19.2. The molecule has 1 saturated heterocycles. The molecule has 0 amide bonds. The van der Waals surface area contributed by atoms with Gasteiger partial charge in [0.1, 0.15) is 0 Å². The first kappa shape index (κ1) is 13.3. The summed E-state index contributed by atoms with van der Waals surface area (Å²) in [5.41, 5.74) is 5.97. The van der Waals surface area contributed by atoms with Gasteiger partial charge in [-0.2, -0.15) is 0 Å². The van der Waals surface area contributed by atoms with E-state index in [9.17, 15) is 8.78 Å². The first-order chi connectivity index (χ1) is 8.52. The molecule has 0 bridgehead atoms. The third kappa shape index (κ3) is 2.48. The molecule has 1 fully saturated rings. The molecule has 2 nitrogen and oxygen atoms in total. The van der Waals surface area contributed by atoms with Crippen LogP contribution in [0.1, 0.15) is 25.8 Å². The average molecular weight is 254 g/mol. The van der Waals surface area contributed by atoms with Crippen LogP contribution in [-0.2, 0) is 6.54 Å². The van der Waals surface area contributed by atoms with Crippen molar-refractivity contribution in [2.45, 2.75) is 26.8 Å². The molecule has 18 heavy (non-hydrogen) atoms. The van der Waals surface area contributed by atoms with E-state index >= 15 is 0 Å². The summed E-state index contributed by atoms with van der Waals surface area (Å²) in [5.74, 6) is -0.559. The fourth-order valence-corrected chi connectivity index (χ4v) is 2.84. The van der Waals surface area contributed by atoms with Gasteiger partial charge < -0.3 is 10.6 Å². The van der Waals surface area contributed by atoms with Crippen LogP contribution < -0.4 is 10.6 Å². The lowest BCUT2D eigenvalue weighted by Crippen LogP contribution is -2.39. The Morgan fingerprint density at radius 1 is 1.17 bits per heavy atom. The molecule has 0 aliphatic carbocycles. The first-order valence-electron chi connectivity index (χ1n) is 6.44.